The first-order valence-corrected chi connectivity index (χ1v) is 8.57. The van der Waals surface area contributed by atoms with E-state index in [-0.39, 0.29) is 17.9 Å². The summed E-state index contributed by atoms with van der Waals surface area (Å²) in [4.78, 5) is 26.5. The second-order valence-corrected chi connectivity index (χ2v) is 6.40. The molecule has 1 aromatic rings. The number of carbonyl (C=O) groups is 2. The van der Waals surface area contributed by atoms with Crippen LogP contribution >= 0.6 is 0 Å². The van der Waals surface area contributed by atoms with Crippen molar-refractivity contribution in [1.29, 1.82) is 0 Å². The van der Waals surface area contributed by atoms with Gasteiger partial charge in [0.05, 0.1) is 18.3 Å². The molecular formula is C20H23N3O3. The number of hydrogen-bond acceptors (Lipinski definition) is 4. The van der Waals surface area contributed by atoms with E-state index >= 15 is 0 Å². The Morgan fingerprint density at radius 1 is 1.31 bits per heavy atom. The van der Waals surface area contributed by atoms with E-state index in [1.54, 1.807) is 26.4 Å². The van der Waals surface area contributed by atoms with Crippen LogP contribution in [0, 0.1) is 0 Å². The molecule has 6 heteroatoms. The topological polar surface area (TPSA) is 70.7 Å². The van der Waals surface area contributed by atoms with Crippen LogP contribution in [0.15, 0.2) is 60.0 Å². The van der Waals surface area contributed by atoms with Gasteiger partial charge in [-0.1, -0.05) is 18.7 Å². The lowest BCUT2D eigenvalue weighted by Gasteiger charge is -2.28. The third-order valence-electron chi connectivity index (χ3n) is 4.39. The molecule has 1 saturated carbocycles. The van der Waals surface area contributed by atoms with Crippen molar-refractivity contribution in [2.24, 2.45) is 0 Å². The summed E-state index contributed by atoms with van der Waals surface area (Å²) in [5, 5.41) is 5.57. The van der Waals surface area contributed by atoms with Crippen LogP contribution in [0.25, 0.3) is 0 Å². The Morgan fingerprint density at radius 3 is 2.73 bits per heavy atom. The maximum atomic E-state index is 12.5. The summed E-state index contributed by atoms with van der Waals surface area (Å²) in [6.07, 6.45) is 5.35. The molecular weight excluding hydrogens is 330 g/mol. The van der Waals surface area contributed by atoms with Gasteiger partial charge in [0.2, 0.25) is 0 Å². The molecule has 2 N–H and O–H groups in total. The molecule has 1 aliphatic carbocycles. The van der Waals surface area contributed by atoms with Crippen LogP contribution in [0.1, 0.15) is 18.4 Å². The van der Waals surface area contributed by atoms with E-state index in [4.69, 9.17) is 4.74 Å². The smallest absolute Gasteiger partial charge is 0.253 e. The van der Waals surface area contributed by atoms with Crippen molar-refractivity contribution in [3.8, 4) is 5.75 Å². The van der Waals surface area contributed by atoms with Crippen LogP contribution in [0.2, 0.25) is 0 Å². The van der Waals surface area contributed by atoms with Crippen LogP contribution < -0.4 is 15.4 Å². The first kappa shape index (κ1) is 17.8. The minimum atomic E-state index is -0.268. The monoisotopic (exact) mass is 353 g/mol. The summed E-state index contributed by atoms with van der Waals surface area (Å²) >= 11 is 0. The average molecular weight is 353 g/mol. The molecule has 1 aliphatic heterocycles. The quantitative estimate of drug-likeness (QED) is 0.819. The summed E-state index contributed by atoms with van der Waals surface area (Å²) in [5.74, 6) is 0.315. The minimum Gasteiger partial charge on any atom is -0.497 e. The molecule has 1 fully saturated rings. The number of rotatable bonds is 6. The number of ether oxygens (including phenoxy) is 1. The molecule has 0 radical (unpaired) electrons. The number of amides is 2. The van der Waals surface area contributed by atoms with Gasteiger partial charge in [0, 0.05) is 31.5 Å². The summed E-state index contributed by atoms with van der Waals surface area (Å²) in [7, 11) is 3.18. The largest absolute Gasteiger partial charge is 0.497 e. The van der Waals surface area contributed by atoms with Gasteiger partial charge in [-0.05, 0) is 36.6 Å². The molecule has 1 heterocycles. The van der Waals surface area contributed by atoms with E-state index in [2.05, 4.69) is 17.2 Å². The summed E-state index contributed by atoms with van der Waals surface area (Å²) in [6, 6.07) is 7.90. The van der Waals surface area contributed by atoms with Gasteiger partial charge in [0.1, 0.15) is 5.75 Å². The highest BCUT2D eigenvalue weighted by molar-refractivity contribution is 6.03. The van der Waals surface area contributed by atoms with Crippen molar-refractivity contribution >= 4 is 11.8 Å². The number of nitrogens with one attached hydrogen (secondary N) is 2. The number of benzene rings is 1. The highest BCUT2D eigenvalue weighted by Crippen LogP contribution is 2.27. The zero-order chi connectivity index (χ0) is 18.7. The lowest BCUT2D eigenvalue weighted by molar-refractivity contribution is -0.117. The van der Waals surface area contributed by atoms with Gasteiger partial charge in [-0.2, -0.15) is 0 Å². The second-order valence-electron chi connectivity index (χ2n) is 6.40. The molecule has 136 valence electrons. The van der Waals surface area contributed by atoms with Crippen LogP contribution in [-0.4, -0.2) is 36.9 Å². The molecule has 2 amide bonds. The normalized spacial score (nSPS) is 16.5. The van der Waals surface area contributed by atoms with Gasteiger partial charge in [-0.3, -0.25) is 9.59 Å². The van der Waals surface area contributed by atoms with E-state index < -0.39 is 0 Å². The number of likely N-dealkylation sites (N-methyl/N-ethyl adjacent to an activating group) is 1. The third-order valence-corrected chi connectivity index (χ3v) is 4.39. The van der Waals surface area contributed by atoms with Crippen molar-refractivity contribution in [2.75, 3.05) is 14.2 Å². The van der Waals surface area contributed by atoms with Gasteiger partial charge in [-0.25, -0.2) is 0 Å². The minimum absolute atomic E-state index is 0.169. The summed E-state index contributed by atoms with van der Waals surface area (Å²) < 4.78 is 5.26. The molecule has 1 aromatic carbocycles. The van der Waals surface area contributed by atoms with Crippen molar-refractivity contribution < 1.29 is 14.3 Å². The van der Waals surface area contributed by atoms with E-state index in [1.807, 2.05) is 29.2 Å². The lowest BCUT2D eigenvalue weighted by Crippen LogP contribution is -2.33. The maximum Gasteiger partial charge on any atom is 0.253 e. The molecule has 26 heavy (non-hydrogen) atoms. The Morgan fingerprint density at radius 2 is 2.08 bits per heavy atom. The molecule has 6 nitrogen and oxygen atoms in total. The number of methoxy groups -OCH3 is 1. The molecule has 0 aromatic heterocycles. The maximum absolute atomic E-state index is 12.5. The fraction of sp³-hybridized carbons (Fsp3) is 0.300. The molecule has 0 atom stereocenters. The predicted molar refractivity (Wildman–Crippen MR) is 99.1 cm³/mol. The molecule has 0 spiro atoms. The SMILES string of the molecule is C=C1C(C(=O)NC)=CC(C(=O)NC2CC2)=CN1Cc1cccc(OC)c1. The zero-order valence-corrected chi connectivity index (χ0v) is 15.0. The van der Waals surface area contributed by atoms with Gasteiger partial charge >= 0.3 is 0 Å². The molecule has 0 bridgehead atoms. The number of carbonyl (C=O) groups excluding carboxylic acids is 2. The standard InChI is InChI=1S/C20H23N3O3/c1-13-18(20(25)21-2)10-15(19(24)22-16-7-8-16)12-23(13)11-14-5-4-6-17(9-14)26-3/h4-6,9-10,12,16H,1,7-8,11H2,2-3H3,(H,21,25)(H,22,24). The first-order valence-electron chi connectivity index (χ1n) is 8.57. The Bertz CT molecular complexity index is 806. The third kappa shape index (κ3) is 3.96. The van der Waals surface area contributed by atoms with Gasteiger partial charge in [-0.15, -0.1) is 0 Å². The lowest BCUT2D eigenvalue weighted by atomic mass is 10.0. The number of nitrogens with zero attached hydrogens (tertiary/aromatic N) is 1. The Balaban J connectivity index is 1.87. The fourth-order valence-electron chi connectivity index (χ4n) is 2.74. The Hall–Kier alpha value is -3.02. The van der Waals surface area contributed by atoms with Crippen molar-refractivity contribution in [3.63, 3.8) is 0 Å². The first-order chi connectivity index (χ1) is 12.5. The second kappa shape index (κ2) is 7.47. The average Bonchev–Trinajstić information content (AvgIpc) is 3.46. The van der Waals surface area contributed by atoms with Crippen molar-refractivity contribution in [2.45, 2.75) is 25.4 Å². The Labute approximate surface area is 153 Å². The summed E-state index contributed by atoms with van der Waals surface area (Å²) in [5.41, 5.74) is 2.38. The summed E-state index contributed by atoms with van der Waals surface area (Å²) in [6.45, 7) is 4.52. The van der Waals surface area contributed by atoms with E-state index in [0.717, 1.165) is 24.2 Å². The molecule has 0 unspecified atom stereocenters. The zero-order valence-electron chi connectivity index (χ0n) is 15.0. The van der Waals surface area contributed by atoms with E-state index in [1.165, 1.54) is 0 Å². The number of hydrogen-bond donors (Lipinski definition) is 2. The Kier molecular flexibility index (Phi) is 5.11. The van der Waals surface area contributed by atoms with Crippen LogP contribution in [0.5, 0.6) is 5.75 Å². The predicted octanol–water partition coefficient (Wildman–Crippen LogP) is 1.86. The molecule has 3 rings (SSSR count). The van der Waals surface area contributed by atoms with Crippen LogP contribution in [0.4, 0.5) is 0 Å². The van der Waals surface area contributed by atoms with Crippen LogP contribution in [0.3, 0.4) is 0 Å². The molecule has 2 aliphatic rings. The highest BCUT2D eigenvalue weighted by atomic mass is 16.5. The fourth-order valence-corrected chi connectivity index (χ4v) is 2.74. The van der Waals surface area contributed by atoms with E-state index in [9.17, 15) is 9.59 Å². The van der Waals surface area contributed by atoms with Crippen LogP contribution in [-0.2, 0) is 16.1 Å². The van der Waals surface area contributed by atoms with Crippen molar-refractivity contribution in [1.82, 2.24) is 15.5 Å². The van der Waals surface area contributed by atoms with Crippen molar-refractivity contribution in [3.05, 3.63) is 65.5 Å². The molecule has 0 saturated heterocycles. The van der Waals surface area contributed by atoms with Gasteiger partial charge in [0.25, 0.3) is 11.8 Å². The van der Waals surface area contributed by atoms with Gasteiger partial charge < -0.3 is 20.3 Å². The van der Waals surface area contributed by atoms with E-state index in [0.29, 0.717) is 23.4 Å². The van der Waals surface area contributed by atoms with Gasteiger partial charge in [0.15, 0.2) is 0 Å². The highest BCUT2D eigenvalue weighted by Gasteiger charge is 2.28.